The van der Waals surface area contributed by atoms with Gasteiger partial charge in [0, 0.05) is 6.20 Å². The molecule has 0 spiro atoms. The molecular weight excluding hydrogens is 408 g/mol. The zero-order valence-corrected chi connectivity index (χ0v) is 15.5. The first-order valence-electron chi connectivity index (χ1n) is 7.48. The normalized spacial score (nSPS) is 10.7. The van der Waals surface area contributed by atoms with E-state index >= 15 is 0 Å². The van der Waals surface area contributed by atoms with E-state index in [1.165, 1.54) is 12.4 Å². The number of rotatable bonds is 5. The van der Waals surface area contributed by atoms with Crippen molar-refractivity contribution in [2.75, 3.05) is 0 Å². The van der Waals surface area contributed by atoms with Crippen LogP contribution in [0.25, 0.3) is 0 Å². The number of H-pyrrole nitrogens is 1. The van der Waals surface area contributed by atoms with E-state index in [1.54, 1.807) is 4.68 Å². The first kappa shape index (κ1) is 17.7. The molecule has 0 saturated carbocycles. The third-order valence-corrected chi connectivity index (χ3v) is 4.59. The molecule has 3 N–H and O–H groups in total. The van der Waals surface area contributed by atoms with Gasteiger partial charge in [0.25, 0.3) is 11.8 Å². The van der Waals surface area contributed by atoms with Gasteiger partial charge in [-0.05, 0) is 35.0 Å². The van der Waals surface area contributed by atoms with Gasteiger partial charge < -0.3 is 0 Å². The van der Waals surface area contributed by atoms with Crippen LogP contribution in [0.15, 0.2) is 16.9 Å². The lowest BCUT2D eigenvalue weighted by Crippen LogP contribution is -2.43. The molecule has 0 aromatic carbocycles. The van der Waals surface area contributed by atoms with Gasteiger partial charge in [0.15, 0.2) is 5.82 Å². The number of hydrogen-bond acceptors (Lipinski definition) is 7. The molecule has 0 bridgehead atoms. The summed E-state index contributed by atoms with van der Waals surface area (Å²) in [6, 6.07) is 0. The predicted octanol–water partition coefficient (Wildman–Crippen LogP) is -0.518. The molecule has 12 nitrogen and oxygen atoms in total. The SMILES string of the molecule is Cc1nn(Cc2nnn(CC(=O)NNC(=O)c3cn[nH]c3)n2)c(C)c1Br. The van der Waals surface area contributed by atoms with Gasteiger partial charge in [0.05, 0.1) is 27.6 Å². The highest BCUT2D eigenvalue weighted by atomic mass is 79.9. The van der Waals surface area contributed by atoms with Crippen LogP contribution in [0, 0.1) is 13.8 Å². The molecule has 0 saturated heterocycles. The number of carbonyl (C=O) groups is 2. The first-order valence-corrected chi connectivity index (χ1v) is 8.27. The minimum absolute atomic E-state index is 0.195. The van der Waals surface area contributed by atoms with Gasteiger partial charge in [-0.15, -0.1) is 10.2 Å². The highest BCUT2D eigenvalue weighted by Gasteiger charge is 2.13. The Morgan fingerprint density at radius 1 is 1.27 bits per heavy atom. The van der Waals surface area contributed by atoms with E-state index in [9.17, 15) is 9.59 Å². The van der Waals surface area contributed by atoms with Gasteiger partial charge in [-0.3, -0.25) is 30.2 Å². The number of aromatic amines is 1. The van der Waals surface area contributed by atoms with Gasteiger partial charge in [-0.2, -0.15) is 15.0 Å². The van der Waals surface area contributed by atoms with Crippen LogP contribution in [0.5, 0.6) is 0 Å². The van der Waals surface area contributed by atoms with Gasteiger partial charge in [-0.25, -0.2) is 0 Å². The molecule has 3 aromatic heterocycles. The topological polar surface area (TPSA) is 148 Å². The average molecular weight is 423 g/mol. The van der Waals surface area contributed by atoms with Crippen molar-refractivity contribution < 1.29 is 9.59 Å². The van der Waals surface area contributed by atoms with Crippen LogP contribution in [-0.2, 0) is 17.9 Å². The number of amides is 2. The second-order valence-electron chi connectivity index (χ2n) is 5.37. The molecule has 0 fully saturated rings. The fourth-order valence-electron chi connectivity index (χ4n) is 2.11. The summed E-state index contributed by atoms with van der Waals surface area (Å²) in [5.74, 6) is -0.576. The van der Waals surface area contributed by atoms with Gasteiger partial charge in [0.1, 0.15) is 13.1 Å². The maximum Gasteiger partial charge on any atom is 0.272 e. The second kappa shape index (κ2) is 7.43. The zero-order chi connectivity index (χ0) is 18.7. The van der Waals surface area contributed by atoms with E-state index < -0.39 is 11.8 Å². The molecule has 0 radical (unpaired) electrons. The fraction of sp³-hybridized carbons (Fsp3) is 0.308. The van der Waals surface area contributed by atoms with Crippen LogP contribution in [0.3, 0.4) is 0 Å². The van der Waals surface area contributed by atoms with Crippen molar-refractivity contribution >= 4 is 27.7 Å². The molecule has 0 aliphatic heterocycles. The summed E-state index contributed by atoms with van der Waals surface area (Å²) in [5.41, 5.74) is 6.63. The monoisotopic (exact) mass is 422 g/mol. The number of hydrogen-bond donors (Lipinski definition) is 3. The predicted molar refractivity (Wildman–Crippen MR) is 90.5 cm³/mol. The maximum absolute atomic E-state index is 11.9. The lowest BCUT2D eigenvalue weighted by molar-refractivity contribution is -0.122. The third-order valence-electron chi connectivity index (χ3n) is 3.44. The molecule has 136 valence electrons. The number of tetrazole rings is 1. The van der Waals surface area contributed by atoms with E-state index in [1.807, 2.05) is 13.8 Å². The summed E-state index contributed by atoms with van der Waals surface area (Å²) in [6.07, 6.45) is 2.74. The summed E-state index contributed by atoms with van der Waals surface area (Å²) in [7, 11) is 0. The van der Waals surface area contributed by atoms with Gasteiger partial charge in [0.2, 0.25) is 0 Å². The van der Waals surface area contributed by atoms with Crippen LogP contribution in [-0.4, -0.2) is 52.0 Å². The summed E-state index contributed by atoms with van der Waals surface area (Å²) in [4.78, 5) is 24.7. The third kappa shape index (κ3) is 3.93. The summed E-state index contributed by atoms with van der Waals surface area (Å²) < 4.78 is 2.67. The van der Waals surface area contributed by atoms with Crippen molar-refractivity contribution in [3.05, 3.63) is 39.6 Å². The Kier molecular flexibility index (Phi) is 5.06. The Hall–Kier alpha value is -3.09. The number of nitrogens with zero attached hydrogens (tertiary/aromatic N) is 7. The number of hydrazine groups is 1. The highest BCUT2D eigenvalue weighted by molar-refractivity contribution is 9.10. The quantitative estimate of drug-likeness (QED) is 0.468. The summed E-state index contributed by atoms with van der Waals surface area (Å²) in [5, 5.41) is 22.4. The Morgan fingerprint density at radius 3 is 2.73 bits per heavy atom. The molecule has 0 aliphatic rings. The smallest absolute Gasteiger partial charge is 0.272 e. The summed E-state index contributed by atoms with van der Waals surface area (Å²) >= 11 is 3.46. The second-order valence-corrected chi connectivity index (χ2v) is 6.16. The lowest BCUT2D eigenvalue weighted by atomic mass is 10.3. The summed E-state index contributed by atoms with van der Waals surface area (Å²) in [6.45, 7) is 3.95. The Balaban J connectivity index is 1.53. The van der Waals surface area contributed by atoms with Gasteiger partial charge in [-0.1, -0.05) is 0 Å². The van der Waals surface area contributed by atoms with Crippen molar-refractivity contribution in [3.63, 3.8) is 0 Å². The molecule has 26 heavy (non-hydrogen) atoms. The fourth-order valence-corrected chi connectivity index (χ4v) is 2.40. The Bertz CT molecular complexity index is 929. The van der Waals surface area contributed by atoms with Crippen LogP contribution >= 0.6 is 15.9 Å². The Labute approximate surface area is 155 Å². The van der Waals surface area contributed by atoms with Crippen molar-refractivity contribution in [3.8, 4) is 0 Å². The highest BCUT2D eigenvalue weighted by Crippen LogP contribution is 2.19. The molecule has 0 atom stereocenters. The maximum atomic E-state index is 11.9. The van der Waals surface area contributed by atoms with Crippen LogP contribution in [0.4, 0.5) is 0 Å². The van der Waals surface area contributed by atoms with Crippen molar-refractivity contribution in [2.24, 2.45) is 0 Å². The van der Waals surface area contributed by atoms with Crippen LogP contribution < -0.4 is 10.9 Å². The number of nitrogens with one attached hydrogen (secondary N) is 3. The van der Waals surface area contributed by atoms with Crippen LogP contribution in [0.2, 0.25) is 0 Å². The van der Waals surface area contributed by atoms with E-state index in [4.69, 9.17) is 0 Å². The molecule has 3 heterocycles. The zero-order valence-electron chi connectivity index (χ0n) is 13.9. The number of halogens is 1. The minimum atomic E-state index is -0.500. The van der Waals surface area contributed by atoms with E-state index in [0.717, 1.165) is 20.7 Å². The first-order chi connectivity index (χ1) is 12.4. The van der Waals surface area contributed by atoms with Crippen molar-refractivity contribution in [1.29, 1.82) is 0 Å². The molecule has 13 heteroatoms. The minimum Gasteiger partial charge on any atom is -0.285 e. The molecule has 3 aromatic rings. The van der Waals surface area contributed by atoms with Crippen molar-refractivity contribution in [1.82, 2.24) is 51.0 Å². The molecule has 0 aliphatic carbocycles. The van der Waals surface area contributed by atoms with E-state index in [2.05, 4.69) is 57.5 Å². The number of aromatic nitrogens is 8. The molecular formula is C13H15BrN10O2. The van der Waals surface area contributed by atoms with E-state index in [-0.39, 0.29) is 6.54 Å². The van der Waals surface area contributed by atoms with Crippen molar-refractivity contribution in [2.45, 2.75) is 26.9 Å². The van der Waals surface area contributed by atoms with Crippen LogP contribution in [0.1, 0.15) is 27.6 Å². The van der Waals surface area contributed by atoms with E-state index in [0.29, 0.717) is 17.9 Å². The standard InChI is InChI=1S/C13H15BrN10O2/c1-7-12(14)8(2)23(20-7)5-10-17-22-24(21-10)6-11(25)18-19-13(26)9-3-15-16-4-9/h3-4H,5-6H2,1-2H3,(H,15,16)(H,18,25)(H,19,26). The number of carbonyl (C=O) groups excluding carboxylic acids is 2. The molecule has 0 unspecified atom stereocenters. The average Bonchev–Trinajstić information content (AvgIpc) is 3.33. The van der Waals surface area contributed by atoms with Gasteiger partial charge >= 0.3 is 0 Å². The molecule has 2 amide bonds. The lowest BCUT2D eigenvalue weighted by Gasteiger charge is -2.05. The largest absolute Gasteiger partial charge is 0.285 e. The Morgan fingerprint density at radius 2 is 2.08 bits per heavy atom. The molecule has 3 rings (SSSR count). The number of aryl methyl sites for hydroxylation is 1.